The van der Waals surface area contributed by atoms with Crippen LogP contribution in [0.25, 0.3) is 5.76 Å². The predicted molar refractivity (Wildman–Crippen MR) is 104 cm³/mol. The summed E-state index contributed by atoms with van der Waals surface area (Å²) in [6.07, 6.45) is 4.68. The van der Waals surface area contributed by atoms with Crippen LogP contribution in [0.2, 0.25) is 0 Å². The molecule has 7 nitrogen and oxygen atoms in total. The molecule has 1 saturated heterocycles. The van der Waals surface area contributed by atoms with E-state index in [1.165, 1.54) is 18.3 Å². The monoisotopic (exact) mass is 390 g/mol. The van der Waals surface area contributed by atoms with Gasteiger partial charge in [-0.1, -0.05) is 6.07 Å². The Labute approximate surface area is 166 Å². The first-order valence-electron chi connectivity index (χ1n) is 8.95. The van der Waals surface area contributed by atoms with Crippen molar-refractivity contribution in [1.82, 2.24) is 9.88 Å². The number of ether oxygens (including phenoxy) is 1. The van der Waals surface area contributed by atoms with Crippen molar-refractivity contribution in [2.24, 2.45) is 0 Å². The molecule has 3 heterocycles. The van der Waals surface area contributed by atoms with Gasteiger partial charge in [-0.15, -0.1) is 0 Å². The lowest BCUT2D eigenvalue weighted by molar-refractivity contribution is -0.140. The largest absolute Gasteiger partial charge is 0.507 e. The molecule has 0 aliphatic carbocycles. The second-order valence-electron chi connectivity index (χ2n) is 6.52. The highest BCUT2D eigenvalue weighted by atomic mass is 16.5. The molecule has 1 unspecified atom stereocenters. The Morgan fingerprint density at radius 3 is 2.59 bits per heavy atom. The van der Waals surface area contributed by atoms with Crippen LogP contribution in [0.1, 0.15) is 22.9 Å². The minimum absolute atomic E-state index is 0.0136. The number of aliphatic hydroxyl groups excluding tert-OH is 1. The lowest BCUT2D eigenvalue weighted by Crippen LogP contribution is -2.29. The van der Waals surface area contributed by atoms with Crippen LogP contribution in [0.3, 0.4) is 0 Å². The summed E-state index contributed by atoms with van der Waals surface area (Å²) in [5, 5.41) is 10.9. The molecule has 7 heteroatoms. The van der Waals surface area contributed by atoms with E-state index in [0.29, 0.717) is 22.6 Å². The van der Waals surface area contributed by atoms with Crippen molar-refractivity contribution < 1.29 is 23.8 Å². The average molecular weight is 390 g/mol. The number of carbonyl (C=O) groups is 2. The topological polar surface area (TPSA) is 92.9 Å². The third-order valence-corrected chi connectivity index (χ3v) is 4.81. The fourth-order valence-corrected chi connectivity index (χ4v) is 3.40. The second-order valence-corrected chi connectivity index (χ2v) is 6.52. The number of carbonyl (C=O) groups excluding carboxylic acids is 2. The maximum atomic E-state index is 12.9. The molecule has 1 aliphatic heterocycles. The number of pyridine rings is 1. The van der Waals surface area contributed by atoms with E-state index >= 15 is 0 Å². The van der Waals surface area contributed by atoms with Gasteiger partial charge in [0.05, 0.1) is 31.5 Å². The van der Waals surface area contributed by atoms with E-state index in [4.69, 9.17) is 9.15 Å². The maximum absolute atomic E-state index is 12.9. The Bertz CT molecular complexity index is 1060. The number of amides is 1. The van der Waals surface area contributed by atoms with E-state index < -0.39 is 17.7 Å². The molecular weight excluding hydrogens is 372 g/mol. The Morgan fingerprint density at radius 2 is 1.97 bits per heavy atom. The molecule has 1 aromatic carbocycles. The van der Waals surface area contributed by atoms with E-state index in [1.54, 1.807) is 60.9 Å². The van der Waals surface area contributed by atoms with Crippen LogP contribution >= 0.6 is 0 Å². The molecule has 1 fully saturated rings. The highest BCUT2D eigenvalue weighted by molar-refractivity contribution is 6.46. The third kappa shape index (κ3) is 3.38. The summed E-state index contributed by atoms with van der Waals surface area (Å²) in [7, 11) is 1.54. The lowest BCUT2D eigenvalue weighted by Gasteiger charge is -2.24. The number of ketones is 1. The van der Waals surface area contributed by atoms with Gasteiger partial charge in [0.25, 0.3) is 11.7 Å². The van der Waals surface area contributed by atoms with Gasteiger partial charge in [0.1, 0.15) is 17.3 Å². The minimum atomic E-state index is -0.782. The first-order chi connectivity index (χ1) is 14.1. The standard InChI is InChI=1S/C22H18N2O5/c1-28-16-8-6-14(7-9-16)20(25)18-19(15-4-2-10-23-12-15)24(22(27)21(18)26)13-17-5-3-11-29-17/h2-12,19,25H,13H2,1H3/b20-18-. The number of hydrogen-bond donors (Lipinski definition) is 1. The molecule has 0 radical (unpaired) electrons. The van der Waals surface area contributed by atoms with Gasteiger partial charge in [0, 0.05) is 18.0 Å². The summed E-state index contributed by atoms with van der Waals surface area (Å²) in [4.78, 5) is 31.2. The van der Waals surface area contributed by atoms with Crippen LogP contribution in [0.4, 0.5) is 0 Å². The van der Waals surface area contributed by atoms with Crippen molar-refractivity contribution in [3.05, 3.63) is 89.6 Å². The number of rotatable bonds is 5. The van der Waals surface area contributed by atoms with E-state index in [-0.39, 0.29) is 17.9 Å². The van der Waals surface area contributed by atoms with Crippen molar-refractivity contribution in [1.29, 1.82) is 0 Å². The number of Topliss-reactive ketones (excluding diaryl/α,β-unsaturated/α-hetero) is 1. The van der Waals surface area contributed by atoms with Crippen LogP contribution < -0.4 is 4.74 Å². The normalized spacial score (nSPS) is 18.2. The van der Waals surface area contributed by atoms with E-state index in [1.807, 2.05) is 0 Å². The average Bonchev–Trinajstić information content (AvgIpc) is 3.36. The van der Waals surface area contributed by atoms with Crippen molar-refractivity contribution in [3.8, 4) is 5.75 Å². The molecule has 3 aromatic rings. The summed E-state index contributed by atoms with van der Waals surface area (Å²) in [5.41, 5.74) is 1.05. The first-order valence-corrected chi connectivity index (χ1v) is 8.95. The molecule has 1 N–H and O–H groups in total. The van der Waals surface area contributed by atoms with E-state index in [0.717, 1.165) is 0 Å². The highest BCUT2D eigenvalue weighted by Crippen LogP contribution is 2.40. The fourth-order valence-electron chi connectivity index (χ4n) is 3.40. The third-order valence-electron chi connectivity index (χ3n) is 4.81. The van der Waals surface area contributed by atoms with Crippen molar-refractivity contribution in [2.75, 3.05) is 7.11 Å². The van der Waals surface area contributed by atoms with Crippen LogP contribution in [0.5, 0.6) is 5.75 Å². The Balaban J connectivity index is 1.83. The first kappa shape index (κ1) is 18.5. The van der Waals surface area contributed by atoms with Crippen LogP contribution in [-0.2, 0) is 16.1 Å². The number of furan rings is 1. The second kappa shape index (κ2) is 7.63. The van der Waals surface area contributed by atoms with E-state index in [9.17, 15) is 14.7 Å². The van der Waals surface area contributed by atoms with Gasteiger partial charge in [-0.2, -0.15) is 0 Å². The smallest absolute Gasteiger partial charge is 0.296 e. The number of benzene rings is 1. The zero-order valence-electron chi connectivity index (χ0n) is 15.6. The fraction of sp³-hybridized carbons (Fsp3) is 0.136. The SMILES string of the molecule is COc1ccc(/C(O)=C2/C(=O)C(=O)N(Cc3ccco3)C2c2cccnc2)cc1. The van der Waals surface area contributed by atoms with Crippen molar-refractivity contribution >= 4 is 17.4 Å². The summed E-state index contributed by atoms with van der Waals surface area (Å²) in [6.45, 7) is 0.0938. The summed E-state index contributed by atoms with van der Waals surface area (Å²) in [6, 6.07) is 12.8. The van der Waals surface area contributed by atoms with Crippen LogP contribution in [0, 0.1) is 0 Å². The Morgan fingerprint density at radius 1 is 1.17 bits per heavy atom. The number of aliphatic hydroxyl groups is 1. The Kier molecular flexibility index (Phi) is 4.87. The highest BCUT2D eigenvalue weighted by Gasteiger charge is 2.46. The molecule has 0 spiro atoms. The minimum Gasteiger partial charge on any atom is -0.507 e. The zero-order chi connectivity index (χ0) is 20.4. The molecule has 146 valence electrons. The summed E-state index contributed by atoms with van der Waals surface area (Å²) >= 11 is 0. The van der Waals surface area contributed by atoms with Gasteiger partial charge in [0.15, 0.2) is 0 Å². The van der Waals surface area contributed by atoms with Crippen molar-refractivity contribution in [3.63, 3.8) is 0 Å². The van der Waals surface area contributed by atoms with Gasteiger partial charge in [-0.3, -0.25) is 14.6 Å². The van der Waals surface area contributed by atoms with Crippen LogP contribution in [-0.4, -0.2) is 33.8 Å². The lowest BCUT2D eigenvalue weighted by atomic mass is 9.96. The molecule has 1 aliphatic rings. The van der Waals surface area contributed by atoms with Crippen molar-refractivity contribution in [2.45, 2.75) is 12.6 Å². The molecule has 29 heavy (non-hydrogen) atoms. The molecule has 1 amide bonds. The predicted octanol–water partition coefficient (Wildman–Crippen LogP) is 3.31. The van der Waals surface area contributed by atoms with Gasteiger partial charge in [-0.05, 0) is 48.0 Å². The van der Waals surface area contributed by atoms with Gasteiger partial charge in [0.2, 0.25) is 0 Å². The number of hydrogen-bond acceptors (Lipinski definition) is 6. The molecule has 1 atom stereocenters. The molecule has 4 rings (SSSR count). The Hall–Kier alpha value is -3.87. The van der Waals surface area contributed by atoms with E-state index in [2.05, 4.69) is 4.98 Å². The summed E-state index contributed by atoms with van der Waals surface area (Å²) in [5.74, 6) is -0.556. The molecule has 2 aromatic heterocycles. The van der Waals surface area contributed by atoms with Crippen LogP contribution in [0.15, 0.2) is 77.2 Å². The molecule has 0 saturated carbocycles. The molecule has 0 bridgehead atoms. The summed E-state index contributed by atoms with van der Waals surface area (Å²) < 4.78 is 10.5. The molecular formula is C22H18N2O5. The number of nitrogens with zero attached hydrogens (tertiary/aromatic N) is 2. The zero-order valence-corrected chi connectivity index (χ0v) is 15.6. The quantitative estimate of drug-likeness (QED) is 0.408. The number of aromatic nitrogens is 1. The van der Waals surface area contributed by atoms with Gasteiger partial charge < -0.3 is 19.2 Å². The number of likely N-dealkylation sites (tertiary alicyclic amines) is 1. The van der Waals surface area contributed by atoms with Gasteiger partial charge >= 0.3 is 0 Å². The number of methoxy groups -OCH3 is 1. The maximum Gasteiger partial charge on any atom is 0.296 e. The van der Waals surface area contributed by atoms with Gasteiger partial charge in [-0.25, -0.2) is 0 Å².